The number of aliphatic carboxylic acids is 1. The molecule has 2 amide bonds. The third-order valence-electron chi connectivity index (χ3n) is 5.34. The Labute approximate surface area is 163 Å². The second-order valence-electron chi connectivity index (χ2n) is 7.62. The molecule has 1 heterocycles. The van der Waals surface area contributed by atoms with Gasteiger partial charge in [-0.2, -0.15) is 0 Å². The Morgan fingerprint density at radius 1 is 1.18 bits per heavy atom. The van der Waals surface area contributed by atoms with E-state index in [4.69, 9.17) is 0 Å². The van der Waals surface area contributed by atoms with Gasteiger partial charge in [0, 0.05) is 41.9 Å². The molecule has 7 heteroatoms. The molecule has 1 aromatic carbocycles. The van der Waals surface area contributed by atoms with Crippen LogP contribution in [0.2, 0.25) is 0 Å². The van der Waals surface area contributed by atoms with Crippen LogP contribution < -0.4 is 10.6 Å². The fourth-order valence-corrected chi connectivity index (χ4v) is 3.85. The molecule has 0 bridgehead atoms. The van der Waals surface area contributed by atoms with Crippen LogP contribution in [0, 0.1) is 5.92 Å². The molecule has 0 radical (unpaired) electrons. The Morgan fingerprint density at radius 3 is 2.61 bits per heavy atom. The van der Waals surface area contributed by atoms with E-state index in [9.17, 15) is 19.5 Å². The number of hydrogen-bond donors (Lipinski definition) is 4. The highest BCUT2D eigenvalue weighted by Gasteiger charge is 2.26. The summed E-state index contributed by atoms with van der Waals surface area (Å²) in [6, 6.07) is 6.27. The van der Waals surface area contributed by atoms with Gasteiger partial charge in [0.1, 0.15) is 6.04 Å². The second-order valence-corrected chi connectivity index (χ2v) is 7.62. The number of H-pyrrole nitrogens is 1. The van der Waals surface area contributed by atoms with Crippen molar-refractivity contribution in [3.8, 4) is 0 Å². The third kappa shape index (κ3) is 4.91. The molecule has 2 atom stereocenters. The summed E-state index contributed by atoms with van der Waals surface area (Å²) < 4.78 is 0. The lowest BCUT2D eigenvalue weighted by atomic mass is 10.0. The van der Waals surface area contributed by atoms with Crippen LogP contribution in [0.25, 0.3) is 10.9 Å². The molecule has 150 valence electrons. The number of carboxylic acid groups (broad SMARTS) is 1. The van der Waals surface area contributed by atoms with Gasteiger partial charge in [0.2, 0.25) is 11.8 Å². The Morgan fingerprint density at radius 2 is 1.89 bits per heavy atom. The number of amides is 2. The molecule has 0 aliphatic heterocycles. The summed E-state index contributed by atoms with van der Waals surface area (Å²) in [6.45, 7) is 1.77. The van der Waals surface area contributed by atoms with Gasteiger partial charge >= 0.3 is 5.97 Å². The van der Waals surface area contributed by atoms with Crippen molar-refractivity contribution < 1.29 is 19.5 Å². The van der Waals surface area contributed by atoms with Crippen molar-refractivity contribution in [1.82, 2.24) is 15.6 Å². The van der Waals surface area contributed by atoms with Crippen LogP contribution in [0.5, 0.6) is 0 Å². The average Bonchev–Trinajstić information content (AvgIpc) is 3.31. The summed E-state index contributed by atoms with van der Waals surface area (Å²) in [4.78, 5) is 39.2. The molecule has 1 aliphatic carbocycles. The van der Waals surface area contributed by atoms with E-state index in [1.165, 1.54) is 0 Å². The smallest absolute Gasteiger partial charge is 0.326 e. The van der Waals surface area contributed by atoms with E-state index in [1.807, 2.05) is 24.3 Å². The minimum Gasteiger partial charge on any atom is -0.480 e. The summed E-state index contributed by atoms with van der Waals surface area (Å²) >= 11 is 0. The van der Waals surface area contributed by atoms with Crippen molar-refractivity contribution >= 4 is 28.7 Å². The summed E-state index contributed by atoms with van der Waals surface area (Å²) in [7, 11) is 0. The van der Waals surface area contributed by atoms with E-state index in [1.54, 1.807) is 13.1 Å². The van der Waals surface area contributed by atoms with E-state index in [2.05, 4.69) is 15.6 Å². The molecular weight excluding hydrogens is 358 g/mol. The van der Waals surface area contributed by atoms with Crippen molar-refractivity contribution in [3.63, 3.8) is 0 Å². The number of carbonyl (C=O) groups is 3. The van der Waals surface area contributed by atoms with Crippen molar-refractivity contribution in [2.75, 3.05) is 0 Å². The zero-order chi connectivity index (χ0) is 20.1. The summed E-state index contributed by atoms with van der Waals surface area (Å²) in [5.41, 5.74) is 1.77. The number of carboxylic acids is 1. The van der Waals surface area contributed by atoms with E-state index >= 15 is 0 Å². The lowest BCUT2D eigenvalue weighted by molar-refractivity contribution is -0.142. The fraction of sp³-hybridized carbons (Fsp3) is 0.476. The molecule has 1 aliphatic rings. The first-order chi connectivity index (χ1) is 13.4. The maximum atomic E-state index is 12.3. The molecule has 28 heavy (non-hydrogen) atoms. The predicted octanol–water partition coefficient (Wildman–Crippen LogP) is 2.36. The Hall–Kier alpha value is -2.83. The van der Waals surface area contributed by atoms with Gasteiger partial charge in [-0.25, -0.2) is 4.79 Å². The van der Waals surface area contributed by atoms with Crippen molar-refractivity contribution in [2.45, 2.75) is 57.5 Å². The standard InChI is InChI=1S/C21H27N3O4/c1-13(23-20(26)14-6-2-3-7-14)10-19(25)24-18(21(27)28)11-15-12-22-17-9-5-4-8-16(15)17/h4-5,8-9,12-14,18,22H,2-3,6-7,10-11H2,1H3,(H,23,26)(H,24,25)(H,27,28)/t13-,18-/m0/s1. The summed E-state index contributed by atoms with van der Waals surface area (Å²) in [5.74, 6) is -1.43. The molecule has 1 fully saturated rings. The van der Waals surface area contributed by atoms with Gasteiger partial charge in [0.25, 0.3) is 0 Å². The largest absolute Gasteiger partial charge is 0.480 e. The van der Waals surface area contributed by atoms with Crippen LogP contribution >= 0.6 is 0 Å². The Balaban J connectivity index is 1.55. The molecule has 1 saturated carbocycles. The zero-order valence-electron chi connectivity index (χ0n) is 16.0. The number of nitrogens with one attached hydrogen (secondary N) is 3. The maximum Gasteiger partial charge on any atom is 0.326 e. The normalized spacial score (nSPS) is 16.6. The lowest BCUT2D eigenvalue weighted by Gasteiger charge is -2.19. The van der Waals surface area contributed by atoms with E-state index < -0.39 is 12.0 Å². The first-order valence-electron chi connectivity index (χ1n) is 9.81. The molecule has 2 aromatic rings. The molecule has 3 rings (SSSR count). The SMILES string of the molecule is C[C@@H](CC(=O)N[C@@H](Cc1c[nH]c2ccccc12)C(=O)O)NC(=O)C1CCCC1. The zero-order valence-corrected chi connectivity index (χ0v) is 16.0. The number of rotatable bonds is 8. The van der Waals surface area contributed by atoms with Crippen LogP contribution in [0.1, 0.15) is 44.6 Å². The van der Waals surface area contributed by atoms with Gasteiger partial charge < -0.3 is 20.7 Å². The lowest BCUT2D eigenvalue weighted by Crippen LogP contribution is -2.45. The van der Waals surface area contributed by atoms with Crippen LogP contribution in [0.15, 0.2) is 30.5 Å². The predicted molar refractivity (Wildman–Crippen MR) is 106 cm³/mol. The molecular formula is C21H27N3O4. The van der Waals surface area contributed by atoms with Gasteiger partial charge in [0.15, 0.2) is 0 Å². The quantitative estimate of drug-likeness (QED) is 0.559. The number of benzene rings is 1. The Kier molecular flexibility index (Phi) is 6.34. The molecule has 0 unspecified atom stereocenters. The Bertz CT molecular complexity index is 854. The van der Waals surface area contributed by atoms with Gasteiger partial charge in [-0.05, 0) is 31.4 Å². The van der Waals surface area contributed by atoms with E-state index in [0.717, 1.165) is 42.1 Å². The van der Waals surface area contributed by atoms with Gasteiger partial charge in [-0.3, -0.25) is 9.59 Å². The van der Waals surface area contributed by atoms with Gasteiger partial charge in [-0.1, -0.05) is 31.0 Å². The van der Waals surface area contributed by atoms with Gasteiger partial charge in [0.05, 0.1) is 0 Å². The van der Waals surface area contributed by atoms with E-state index in [0.29, 0.717) is 0 Å². The molecule has 4 N–H and O–H groups in total. The summed E-state index contributed by atoms with van der Waals surface area (Å²) in [6.07, 6.45) is 5.95. The first-order valence-corrected chi connectivity index (χ1v) is 9.81. The highest BCUT2D eigenvalue weighted by atomic mass is 16.4. The van der Waals surface area contributed by atoms with Crippen LogP contribution in [0.4, 0.5) is 0 Å². The van der Waals surface area contributed by atoms with Crippen LogP contribution in [-0.2, 0) is 20.8 Å². The van der Waals surface area contributed by atoms with Crippen molar-refractivity contribution in [1.29, 1.82) is 0 Å². The number of aromatic amines is 1. The minimum atomic E-state index is -1.08. The highest BCUT2D eigenvalue weighted by molar-refractivity contribution is 5.87. The number of fused-ring (bicyclic) bond motifs is 1. The summed E-state index contributed by atoms with van der Waals surface area (Å²) in [5, 5.41) is 15.9. The number of carbonyl (C=O) groups excluding carboxylic acids is 2. The topological polar surface area (TPSA) is 111 Å². The third-order valence-corrected chi connectivity index (χ3v) is 5.34. The fourth-order valence-electron chi connectivity index (χ4n) is 3.85. The van der Waals surface area contributed by atoms with Crippen LogP contribution in [-0.4, -0.2) is 40.0 Å². The maximum absolute atomic E-state index is 12.3. The van der Waals surface area contributed by atoms with Crippen LogP contribution in [0.3, 0.4) is 0 Å². The molecule has 7 nitrogen and oxygen atoms in total. The monoisotopic (exact) mass is 385 g/mol. The first kappa shape index (κ1) is 19.9. The number of para-hydroxylation sites is 1. The van der Waals surface area contributed by atoms with Crippen molar-refractivity contribution in [2.24, 2.45) is 5.92 Å². The number of hydrogen-bond acceptors (Lipinski definition) is 3. The van der Waals surface area contributed by atoms with Crippen molar-refractivity contribution in [3.05, 3.63) is 36.0 Å². The highest BCUT2D eigenvalue weighted by Crippen LogP contribution is 2.24. The van der Waals surface area contributed by atoms with E-state index in [-0.39, 0.29) is 36.6 Å². The molecule has 0 spiro atoms. The van der Waals surface area contributed by atoms with Gasteiger partial charge in [-0.15, -0.1) is 0 Å². The molecule has 1 aromatic heterocycles. The number of aromatic nitrogens is 1. The minimum absolute atomic E-state index is 0.00798. The molecule has 0 saturated heterocycles. The average molecular weight is 385 g/mol. The second kappa shape index (κ2) is 8.91.